The molecule has 0 fully saturated rings. The second-order valence-corrected chi connectivity index (χ2v) is 10.3. The molecule has 0 saturated heterocycles. The lowest BCUT2D eigenvalue weighted by Crippen LogP contribution is -2.30. The number of aromatic nitrogens is 1. The van der Waals surface area contributed by atoms with Crippen LogP contribution in [0, 0.1) is 17.5 Å². The molecular formula is C27H23F3N4O3S. The standard InChI is InChI=1S/C27H23F3N4O3S/c28-22-3-1-20(2-4-22)17-34(18-21-13-23(29)15-24(30)14-21)38(36,37)26-7-5-25(6-8-26)33-27(35)32-16-19-9-11-31-12-10-19/h1-15H,16-18H2,(H2,32,33,35). The number of carbonyl (C=O) groups excluding carboxylic acids is 1. The minimum Gasteiger partial charge on any atom is -0.334 e. The number of carbonyl (C=O) groups is 1. The molecule has 4 aromatic rings. The molecular weight excluding hydrogens is 517 g/mol. The molecule has 0 bridgehead atoms. The summed E-state index contributed by atoms with van der Waals surface area (Å²) in [5.74, 6) is -2.16. The zero-order valence-corrected chi connectivity index (χ0v) is 20.8. The number of rotatable bonds is 9. The Hall–Kier alpha value is -4.22. The van der Waals surface area contributed by atoms with Gasteiger partial charge in [-0.15, -0.1) is 0 Å². The number of hydrogen-bond acceptors (Lipinski definition) is 4. The lowest BCUT2D eigenvalue weighted by Gasteiger charge is -2.23. The third-order valence-corrected chi connectivity index (χ3v) is 7.31. The van der Waals surface area contributed by atoms with Crippen LogP contribution in [0.3, 0.4) is 0 Å². The molecule has 0 atom stereocenters. The number of halogens is 3. The van der Waals surface area contributed by atoms with Gasteiger partial charge in [0.25, 0.3) is 0 Å². The number of nitrogens with zero attached hydrogens (tertiary/aromatic N) is 2. The van der Waals surface area contributed by atoms with Crippen molar-refractivity contribution in [2.24, 2.45) is 0 Å². The van der Waals surface area contributed by atoms with Crippen molar-refractivity contribution in [3.05, 3.63) is 125 Å². The summed E-state index contributed by atoms with van der Waals surface area (Å²) < 4.78 is 69.0. The van der Waals surface area contributed by atoms with Crippen molar-refractivity contribution in [2.75, 3.05) is 5.32 Å². The molecule has 0 spiro atoms. The molecule has 2 N–H and O–H groups in total. The van der Waals surface area contributed by atoms with Crippen molar-refractivity contribution in [2.45, 2.75) is 24.5 Å². The first-order valence-corrected chi connectivity index (χ1v) is 12.9. The molecule has 0 aliphatic carbocycles. The van der Waals surface area contributed by atoms with Crippen LogP contribution in [0.4, 0.5) is 23.7 Å². The number of sulfonamides is 1. The number of benzene rings is 3. The quantitative estimate of drug-likeness (QED) is 0.305. The van der Waals surface area contributed by atoms with Gasteiger partial charge in [0, 0.05) is 43.8 Å². The van der Waals surface area contributed by atoms with Crippen LogP contribution < -0.4 is 10.6 Å². The Morgan fingerprint density at radius 2 is 1.34 bits per heavy atom. The summed E-state index contributed by atoms with van der Waals surface area (Å²) >= 11 is 0. The van der Waals surface area contributed by atoms with E-state index in [9.17, 15) is 26.4 Å². The van der Waals surface area contributed by atoms with Crippen LogP contribution in [0.25, 0.3) is 0 Å². The van der Waals surface area contributed by atoms with Gasteiger partial charge in [-0.2, -0.15) is 4.31 Å². The molecule has 196 valence electrons. The third-order valence-electron chi connectivity index (χ3n) is 5.51. The maximum Gasteiger partial charge on any atom is 0.319 e. The molecule has 4 rings (SSSR count). The van der Waals surface area contributed by atoms with Gasteiger partial charge in [0.2, 0.25) is 10.0 Å². The summed E-state index contributed by atoms with van der Waals surface area (Å²) in [6.07, 6.45) is 3.22. The highest BCUT2D eigenvalue weighted by atomic mass is 32.2. The first-order chi connectivity index (χ1) is 18.2. The SMILES string of the molecule is O=C(NCc1ccncc1)Nc1ccc(S(=O)(=O)N(Cc2ccc(F)cc2)Cc2cc(F)cc(F)c2)cc1. The maximum absolute atomic E-state index is 13.8. The van der Waals surface area contributed by atoms with E-state index in [4.69, 9.17) is 0 Å². The maximum atomic E-state index is 13.8. The van der Waals surface area contributed by atoms with Gasteiger partial charge in [-0.05, 0) is 77.4 Å². The molecule has 0 aliphatic heterocycles. The van der Waals surface area contributed by atoms with Gasteiger partial charge in [-0.1, -0.05) is 12.1 Å². The van der Waals surface area contributed by atoms with E-state index in [1.54, 1.807) is 24.5 Å². The number of urea groups is 1. The Morgan fingerprint density at radius 3 is 1.97 bits per heavy atom. The molecule has 7 nitrogen and oxygen atoms in total. The third kappa shape index (κ3) is 7.17. The van der Waals surface area contributed by atoms with E-state index in [1.165, 1.54) is 48.5 Å². The minimum absolute atomic E-state index is 0.0979. The predicted molar refractivity (Wildman–Crippen MR) is 136 cm³/mol. The van der Waals surface area contributed by atoms with E-state index < -0.39 is 33.5 Å². The fraction of sp³-hybridized carbons (Fsp3) is 0.111. The Balaban J connectivity index is 1.51. The number of amides is 2. The van der Waals surface area contributed by atoms with Gasteiger partial charge in [0.1, 0.15) is 17.5 Å². The van der Waals surface area contributed by atoms with Crippen molar-refractivity contribution >= 4 is 21.7 Å². The second-order valence-electron chi connectivity index (χ2n) is 8.36. The van der Waals surface area contributed by atoms with E-state index in [2.05, 4.69) is 15.6 Å². The summed E-state index contributed by atoms with van der Waals surface area (Å²) in [5.41, 5.74) is 1.80. The first kappa shape index (κ1) is 26.8. The smallest absolute Gasteiger partial charge is 0.319 e. The molecule has 0 aliphatic rings. The van der Waals surface area contributed by atoms with Gasteiger partial charge >= 0.3 is 6.03 Å². The fourth-order valence-corrected chi connectivity index (χ4v) is 5.06. The molecule has 1 heterocycles. The van der Waals surface area contributed by atoms with Crippen LogP contribution >= 0.6 is 0 Å². The van der Waals surface area contributed by atoms with Crippen LogP contribution in [0.5, 0.6) is 0 Å². The molecule has 11 heteroatoms. The van der Waals surface area contributed by atoms with Crippen LogP contribution in [0.2, 0.25) is 0 Å². The molecule has 38 heavy (non-hydrogen) atoms. The predicted octanol–water partition coefficient (Wildman–Crippen LogP) is 5.21. The number of anilines is 1. The summed E-state index contributed by atoms with van der Waals surface area (Å²) in [6, 6.07) is 16.6. The average Bonchev–Trinajstić information content (AvgIpc) is 2.89. The Labute approximate surface area is 218 Å². The molecule has 0 saturated carbocycles. The number of hydrogen-bond donors (Lipinski definition) is 2. The second kappa shape index (κ2) is 11.9. The Kier molecular flexibility index (Phi) is 8.39. The summed E-state index contributed by atoms with van der Waals surface area (Å²) in [6.45, 7) is -0.218. The monoisotopic (exact) mass is 540 g/mol. The van der Waals surface area contributed by atoms with E-state index in [-0.39, 0.29) is 30.1 Å². The summed E-state index contributed by atoms with van der Waals surface area (Å²) in [7, 11) is -4.16. The van der Waals surface area contributed by atoms with Crippen molar-refractivity contribution in [1.29, 1.82) is 0 Å². The van der Waals surface area contributed by atoms with Crippen molar-refractivity contribution < 1.29 is 26.4 Å². The van der Waals surface area contributed by atoms with Gasteiger partial charge < -0.3 is 10.6 Å². The Bertz CT molecular complexity index is 1480. The number of nitrogens with one attached hydrogen (secondary N) is 2. The average molecular weight is 541 g/mol. The molecule has 2 amide bonds. The summed E-state index contributed by atoms with van der Waals surface area (Å²) in [4.78, 5) is 16.0. The Morgan fingerprint density at radius 1 is 0.737 bits per heavy atom. The topological polar surface area (TPSA) is 91.4 Å². The van der Waals surface area contributed by atoms with Gasteiger partial charge in [0.15, 0.2) is 0 Å². The van der Waals surface area contributed by atoms with E-state index in [0.29, 0.717) is 17.3 Å². The van der Waals surface area contributed by atoms with Crippen LogP contribution in [0.1, 0.15) is 16.7 Å². The van der Waals surface area contributed by atoms with Gasteiger partial charge in [-0.25, -0.2) is 26.4 Å². The van der Waals surface area contributed by atoms with E-state index >= 15 is 0 Å². The van der Waals surface area contributed by atoms with Gasteiger partial charge in [0.05, 0.1) is 4.90 Å². The lowest BCUT2D eigenvalue weighted by atomic mass is 10.2. The molecule has 1 aromatic heterocycles. The van der Waals surface area contributed by atoms with Gasteiger partial charge in [-0.3, -0.25) is 4.98 Å². The van der Waals surface area contributed by atoms with Crippen LogP contribution in [0.15, 0.2) is 96.2 Å². The van der Waals surface area contributed by atoms with Crippen LogP contribution in [-0.2, 0) is 29.7 Å². The van der Waals surface area contributed by atoms with Crippen molar-refractivity contribution in [3.8, 4) is 0 Å². The normalized spacial score (nSPS) is 11.4. The van der Waals surface area contributed by atoms with Crippen molar-refractivity contribution in [1.82, 2.24) is 14.6 Å². The largest absolute Gasteiger partial charge is 0.334 e. The van der Waals surface area contributed by atoms with E-state index in [1.807, 2.05) is 0 Å². The highest BCUT2D eigenvalue weighted by molar-refractivity contribution is 7.89. The van der Waals surface area contributed by atoms with E-state index in [0.717, 1.165) is 22.0 Å². The van der Waals surface area contributed by atoms with Crippen molar-refractivity contribution in [3.63, 3.8) is 0 Å². The zero-order chi connectivity index (χ0) is 27.1. The fourth-order valence-electron chi connectivity index (χ4n) is 3.64. The lowest BCUT2D eigenvalue weighted by molar-refractivity contribution is 0.251. The molecule has 0 radical (unpaired) electrons. The van der Waals surface area contributed by atoms with Crippen LogP contribution in [-0.4, -0.2) is 23.7 Å². The number of pyridine rings is 1. The molecule has 3 aromatic carbocycles. The highest BCUT2D eigenvalue weighted by Crippen LogP contribution is 2.24. The highest BCUT2D eigenvalue weighted by Gasteiger charge is 2.25. The first-order valence-electron chi connectivity index (χ1n) is 11.4. The zero-order valence-electron chi connectivity index (χ0n) is 19.9. The molecule has 0 unspecified atom stereocenters. The minimum atomic E-state index is -4.16. The summed E-state index contributed by atoms with van der Waals surface area (Å²) in [5, 5.41) is 5.31.